The van der Waals surface area contributed by atoms with Gasteiger partial charge in [-0.2, -0.15) is 0 Å². The van der Waals surface area contributed by atoms with Gasteiger partial charge in [0.25, 0.3) is 0 Å². The summed E-state index contributed by atoms with van der Waals surface area (Å²) in [6, 6.07) is 8.49. The Morgan fingerprint density at radius 1 is 1.29 bits per heavy atom. The Kier molecular flexibility index (Phi) is 4.34. The number of anilines is 1. The second-order valence-electron chi connectivity index (χ2n) is 5.57. The molecule has 2 aromatic rings. The van der Waals surface area contributed by atoms with Gasteiger partial charge in [0.2, 0.25) is 5.91 Å². The van der Waals surface area contributed by atoms with Crippen molar-refractivity contribution in [3.05, 3.63) is 46.5 Å². The van der Waals surface area contributed by atoms with Gasteiger partial charge in [0.1, 0.15) is 0 Å². The van der Waals surface area contributed by atoms with E-state index >= 15 is 0 Å². The molecule has 110 valence electrons. The highest BCUT2D eigenvalue weighted by Gasteiger charge is 2.26. The molecule has 1 aliphatic rings. The van der Waals surface area contributed by atoms with E-state index in [-0.39, 0.29) is 5.91 Å². The van der Waals surface area contributed by atoms with Crippen LogP contribution >= 0.6 is 11.3 Å². The van der Waals surface area contributed by atoms with Gasteiger partial charge in [-0.05, 0) is 36.8 Å². The molecule has 0 aliphatic heterocycles. The molecule has 1 aliphatic carbocycles. The molecule has 0 unspecified atom stereocenters. The molecule has 1 aromatic carbocycles. The van der Waals surface area contributed by atoms with Crippen LogP contribution in [0.15, 0.2) is 29.6 Å². The van der Waals surface area contributed by atoms with Crippen molar-refractivity contribution in [3.8, 4) is 0 Å². The second-order valence-corrected chi connectivity index (χ2v) is 6.43. The van der Waals surface area contributed by atoms with Gasteiger partial charge in [-0.25, -0.2) is 4.98 Å². The van der Waals surface area contributed by atoms with Crippen LogP contribution in [-0.4, -0.2) is 10.9 Å². The molecule has 0 spiro atoms. The maximum atomic E-state index is 12.0. The molecule has 0 atom stereocenters. The van der Waals surface area contributed by atoms with Crippen molar-refractivity contribution in [1.29, 1.82) is 0 Å². The van der Waals surface area contributed by atoms with Crippen molar-refractivity contribution in [2.75, 3.05) is 5.32 Å². The number of thiazole rings is 1. The Labute approximate surface area is 129 Å². The molecule has 0 radical (unpaired) electrons. The first-order valence-electron chi connectivity index (χ1n) is 7.57. The van der Waals surface area contributed by atoms with Crippen LogP contribution in [0.3, 0.4) is 0 Å². The van der Waals surface area contributed by atoms with Crippen LogP contribution in [0, 0.1) is 0 Å². The van der Waals surface area contributed by atoms with Crippen molar-refractivity contribution < 1.29 is 4.79 Å². The van der Waals surface area contributed by atoms with E-state index in [1.165, 1.54) is 35.3 Å². The Morgan fingerprint density at radius 3 is 2.67 bits per heavy atom. The molecular weight excluding hydrogens is 280 g/mol. The number of carbonyl (C=O) groups excluding carboxylic acids is 1. The predicted octanol–water partition coefficient (Wildman–Crippen LogP) is 4.15. The van der Waals surface area contributed by atoms with Crippen molar-refractivity contribution in [3.63, 3.8) is 0 Å². The highest BCUT2D eigenvalue weighted by Crippen LogP contribution is 2.40. The number of nitrogens with one attached hydrogen (secondary N) is 1. The van der Waals surface area contributed by atoms with Gasteiger partial charge in [-0.3, -0.25) is 4.79 Å². The molecule has 3 rings (SSSR count). The summed E-state index contributed by atoms with van der Waals surface area (Å²) in [7, 11) is 0. The van der Waals surface area contributed by atoms with Crippen LogP contribution in [0.25, 0.3) is 0 Å². The molecule has 0 saturated heterocycles. The minimum absolute atomic E-state index is 0.0475. The summed E-state index contributed by atoms with van der Waals surface area (Å²) in [6.45, 7) is 2.15. The minimum atomic E-state index is 0.0475. The third-order valence-electron chi connectivity index (χ3n) is 3.84. The van der Waals surface area contributed by atoms with Crippen LogP contribution < -0.4 is 5.32 Å². The SMILES string of the molecule is CCc1ccc(CCC(=O)Nc2nc(C3CC3)cs2)cc1. The number of nitrogens with zero attached hydrogens (tertiary/aromatic N) is 1. The largest absolute Gasteiger partial charge is 0.302 e. The zero-order chi connectivity index (χ0) is 14.7. The summed E-state index contributed by atoms with van der Waals surface area (Å²) in [5.74, 6) is 0.690. The summed E-state index contributed by atoms with van der Waals surface area (Å²) in [6.07, 6.45) is 4.81. The number of carbonyl (C=O) groups is 1. The highest BCUT2D eigenvalue weighted by atomic mass is 32.1. The number of aryl methyl sites for hydroxylation is 2. The summed E-state index contributed by atoms with van der Waals surface area (Å²) >= 11 is 1.53. The van der Waals surface area contributed by atoms with E-state index in [4.69, 9.17) is 0 Å². The first kappa shape index (κ1) is 14.3. The monoisotopic (exact) mass is 300 g/mol. The Hall–Kier alpha value is -1.68. The van der Waals surface area contributed by atoms with Crippen molar-refractivity contribution in [1.82, 2.24) is 4.98 Å². The molecule has 1 fully saturated rings. The van der Waals surface area contributed by atoms with Crippen LogP contribution in [0.1, 0.15) is 48.9 Å². The maximum absolute atomic E-state index is 12.0. The van der Waals surface area contributed by atoms with E-state index in [1.807, 2.05) is 0 Å². The molecule has 1 amide bonds. The summed E-state index contributed by atoms with van der Waals surface area (Å²) < 4.78 is 0. The smallest absolute Gasteiger partial charge is 0.226 e. The normalized spacial score (nSPS) is 14.1. The molecule has 3 nitrogen and oxygen atoms in total. The Bertz CT molecular complexity index is 614. The lowest BCUT2D eigenvalue weighted by molar-refractivity contribution is -0.116. The lowest BCUT2D eigenvalue weighted by Crippen LogP contribution is -2.12. The van der Waals surface area contributed by atoms with E-state index in [0.29, 0.717) is 12.3 Å². The van der Waals surface area contributed by atoms with Crippen molar-refractivity contribution in [2.45, 2.75) is 44.9 Å². The van der Waals surface area contributed by atoms with Gasteiger partial charge in [0, 0.05) is 17.7 Å². The van der Waals surface area contributed by atoms with E-state index < -0.39 is 0 Å². The molecule has 0 bridgehead atoms. The van der Waals surface area contributed by atoms with Gasteiger partial charge >= 0.3 is 0 Å². The number of hydrogen-bond donors (Lipinski definition) is 1. The van der Waals surface area contributed by atoms with Crippen LogP contribution in [0.5, 0.6) is 0 Å². The molecule has 21 heavy (non-hydrogen) atoms. The van der Waals surface area contributed by atoms with Gasteiger partial charge < -0.3 is 5.32 Å². The lowest BCUT2D eigenvalue weighted by Gasteiger charge is -2.03. The van der Waals surface area contributed by atoms with Gasteiger partial charge in [0.15, 0.2) is 5.13 Å². The van der Waals surface area contributed by atoms with E-state index in [0.717, 1.165) is 23.7 Å². The average Bonchev–Trinajstić information content (AvgIpc) is 3.26. The molecule has 1 aromatic heterocycles. The van der Waals surface area contributed by atoms with E-state index in [2.05, 4.69) is 46.9 Å². The molecule has 1 N–H and O–H groups in total. The molecule has 4 heteroatoms. The fraction of sp³-hybridized carbons (Fsp3) is 0.412. The Balaban J connectivity index is 1.48. The van der Waals surface area contributed by atoms with Crippen molar-refractivity contribution in [2.24, 2.45) is 0 Å². The minimum Gasteiger partial charge on any atom is -0.302 e. The molecule has 1 heterocycles. The second kappa shape index (κ2) is 6.39. The van der Waals surface area contributed by atoms with Crippen LogP contribution in [0.4, 0.5) is 5.13 Å². The third kappa shape index (κ3) is 3.91. The van der Waals surface area contributed by atoms with Gasteiger partial charge in [-0.15, -0.1) is 11.3 Å². The van der Waals surface area contributed by atoms with E-state index in [1.54, 1.807) is 0 Å². The van der Waals surface area contributed by atoms with Crippen molar-refractivity contribution >= 4 is 22.4 Å². The predicted molar refractivity (Wildman–Crippen MR) is 86.9 cm³/mol. The standard InChI is InChI=1S/C17H20N2OS/c1-2-12-3-5-13(6-4-12)7-10-16(20)19-17-18-15(11-21-17)14-8-9-14/h3-6,11,14H,2,7-10H2,1H3,(H,18,19,20). The number of benzene rings is 1. The van der Waals surface area contributed by atoms with E-state index in [9.17, 15) is 4.79 Å². The highest BCUT2D eigenvalue weighted by molar-refractivity contribution is 7.13. The van der Waals surface area contributed by atoms with Gasteiger partial charge in [-0.1, -0.05) is 31.2 Å². The maximum Gasteiger partial charge on any atom is 0.226 e. The molecular formula is C17H20N2OS. The fourth-order valence-corrected chi connectivity index (χ4v) is 3.10. The number of hydrogen-bond acceptors (Lipinski definition) is 3. The number of amides is 1. The molecule has 1 saturated carbocycles. The third-order valence-corrected chi connectivity index (χ3v) is 4.61. The van der Waals surface area contributed by atoms with Crippen LogP contribution in [-0.2, 0) is 17.6 Å². The summed E-state index contributed by atoms with van der Waals surface area (Å²) in [4.78, 5) is 16.4. The average molecular weight is 300 g/mol. The number of rotatable bonds is 6. The summed E-state index contributed by atoms with van der Waals surface area (Å²) in [5, 5.41) is 5.71. The lowest BCUT2D eigenvalue weighted by atomic mass is 10.1. The van der Waals surface area contributed by atoms with Crippen LogP contribution in [0.2, 0.25) is 0 Å². The first-order chi connectivity index (χ1) is 10.2. The fourth-order valence-electron chi connectivity index (χ4n) is 2.29. The quantitative estimate of drug-likeness (QED) is 0.870. The van der Waals surface area contributed by atoms with Gasteiger partial charge in [0.05, 0.1) is 5.69 Å². The zero-order valence-electron chi connectivity index (χ0n) is 12.3. The first-order valence-corrected chi connectivity index (χ1v) is 8.45. The number of aromatic nitrogens is 1. The zero-order valence-corrected chi connectivity index (χ0v) is 13.1. The Morgan fingerprint density at radius 2 is 2.00 bits per heavy atom. The summed E-state index contributed by atoms with van der Waals surface area (Å²) in [5.41, 5.74) is 3.68. The topological polar surface area (TPSA) is 42.0 Å².